The van der Waals surface area contributed by atoms with Gasteiger partial charge in [0.1, 0.15) is 5.78 Å². The van der Waals surface area contributed by atoms with Crippen molar-refractivity contribution in [1.29, 1.82) is 5.26 Å². The summed E-state index contributed by atoms with van der Waals surface area (Å²) in [4.78, 5) is 12.5. The van der Waals surface area contributed by atoms with Gasteiger partial charge in [-0.05, 0) is 48.8 Å². The smallest absolute Gasteiger partial charge is 0.143 e. The Morgan fingerprint density at radius 1 is 1.25 bits per heavy atom. The van der Waals surface area contributed by atoms with Gasteiger partial charge >= 0.3 is 0 Å². The van der Waals surface area contributed by atoms with Crippen LogP contribution in [0.1, 0.15) is 58.1 Å². The highest BCUT2D eigenvalue weighted by atomic mass is 16.1. The second kappa shape index (κ2) is 5.05. The highest BCUT2D eigenvalue weighted by Gasteiger charge is 2.43. The van der Waals surface area contributed by atoms with Crippen molar-refractivity contribution in [2.75, 3.05) is 0 Å². The van der Waals surface area contributed by atoms with Crippen LogP contribution in [0.3, 0.4) is 0 Å². The molecule has 2 atom stereocenters. The van der Waals surface area contributed by atoms with Gasteiger partial charge < -0.3 is 0 Å². The summed E-state index contributed by atoms with van der Waals surface area (Å²) in [5, 5.41) is 8.89. The molecule has 0 aromatic heterocycles. The van der Waals surface area contributed by atoms with Crippen LogP contribution in [0.25, 0.3) is 0 Å². The average Bonchev–Trinajstić information content (AvgIpc) is 2.41. The first kappa shape index (κ1) is 14.8. The largest absolute Gasteiger partial charge is 0.299 e. The predicted molar refractivity (Wildman–Crippen MR) is 80.3 cm³/mol. The van der Waals surface area contributed by atoms with Gasteiger partial charge in [0.15, 0.2) is 0 Å². The number of ketones is 1. The fraction of sp³-hybridized carbons (Fsp3) is 0.556. The fourth-order valence-electron chi connectivity index (χ4n) is 3.22. The second-order valence-electron chi connectivity index (χ2n) is 7.25. The highest BCUT2D eigenvalue weighted by molar-refractivity contribution is 5.90. The van der Waals surface area contributed by atoms with Crippen molar-refractivity contribution in [2.24, 2.45) is 11.3 Å². The minimum absolute atomic E-state index is 0.231. The van der Waals surface area contributed by atoms with E-state index in [2.05, 4.69) is 33.8 Å². The Kier molecular flexibility index (Phi) is 3.73. The van der Waals surface area contributed by atoms with Crippen LogP contribution >= 0.6 is 0 Å². The van der Waals surface area contributed by atoms with Crippen LogP contribution in [0.2, 0.25) is 0 Å². The van der Waals surface area contributed by atoms with Crippen LogP contribution in [0.15, 0.2) is 24.3 Å². The highest BCUT2D eigenvalue weighted by Crippen LogP contribution is 2.45. The number of rotatable bonds is 1. The van der Waals surface area contributed by atoms with Crippen LogP contribution < -0.4 is 0 Å². The molecular formula is C18H23NO. The van der Waals surface area contributed by atoms with Gasteiger partial charge in [0.25, 0.3) is 0 Å². The number of nitrogens with zero attached hydrogens (tertiary/aromatic N) is 1. The zero-order chi connectivity index (χ0) is 15.0. The Morgan fingerprint density at radius 2 is 1.85 bits per heavy atom. The molecule has 1 fully saturated rings. The fourth-order valence-corrected chi connectivity index (χ4v) is 3.22. The molecule has 1 aromatic rings. The number of carbonyl (C=O) groups is 1. The van der Waals surface area contributed by atoms with E-state index < -0.39 is 5.41 Å². The Bertz CT molecular complexity index is 544. The molecule has 0 saturated heterocycles. The van der Waals surface area contributed by atoms with E-state index in [4.69, 9.17) is 5.26 Å². The lowest BCUT2D eigenvalue weighted by atomic mass is 9.60. The van der Waals surface area contributed by atoms with Crippen LogP contribution in [-0.4, -0.2) is 5.78 Å². The SMILES string of the molecule is CC1(c2ccc(C#N)cc2)CC(C(C)(C)C)CCC1=O. The van der Waals surface area contributed by atoms with Gasteiger partial charge in [0.2, 0.25) is 0 Å². The van der Waals surface area contributed by atoms with Crippen molar-refractivity contribution in [3.05, 3.63) is 35.4 Å². The molecule has 0 radical (unpaired) electrons. The Morgan fingerprint density at radius 3 is 2.35 bits per heavy atom. The summed E-state index contributed by atoms with van der Waals surface area (Å²) in [7, 11) is 0. The molecule has 2 heteroatoms. The molecule has 2 rings (SSSR count). The number of hydrogen-bond donors (Lipinski definition) is 0. The maximum absolute atomic E-state index is 12.5. The predicted octanol–water partition coefficient (Wildman–Crippen LogP) is 4.23. The number of nitriles is 1. The Hall–Kier alpha value is -1.62. The van der Waals surface area contributed by atoms with Crippen molar-refractivity contribution in [3.8, 4) is 6.07 Å². The average molecular weight is 269 g/mol. The summed E-state index contributed by atoms with van der Waals surface area (Å²) in [6.07, 6.45) is 2.56. The normalized spacial score (nSPS) is 27.1. The van der Waals surface area contributed by atoms with Gasteiger partial charge in [-0.15, -0.1) is 0 Å². The molecule has 0 N–H and O–H groups in total. The van der Waals surface area contributed by atoms with Gasteiger partial charge in [-0.2, -0.15) is 5.26 Å². The zero-order valence-corrected chi connectivity index (χ0v) is 12.9. The van der Waals surface area contributed by atoms with Gasteiger partial charge in [0, 0.05) is 6.42 Å². The number of hydrogen-bond acceptors (Lipinski definition) is 2. The first-order valence-electron chi connectivity index (χ1n) is 7.31. The van der Waals surface area contributed by atoms with Gasteiger partial charge in [0.05, 0.1) is 17.0 Å². The topological polar surface area (TPSA) is 40.9 Å². The molecule has 0 bridgehead atoms. The summed E-state index contributed by atoms with van der Waals surface area (Å²) >= 11 is 0. The Balaban J connectivity index is 2.34. The molecule has 2 unspecified atom stereocenters. The molecule has 106 valence electrons. The van der Waals surface area contributed by atoms with E-state index in [0.717, 1.165) is 18.4 Å². The van der Waals surface area contributed by atoms with E-state index in [1.54, 1.807) is 0 Å². The lowest BCUT2D eigenvalue weighted by Gasteiger charge is -2.42. The van der Waals surface area contributed by atoms with Crippen molar-refractivity contribution in [2.45, 2.75) is 52.4 Å². The third kappa shape index (κ3) is 2.63. The molecule has 1 aromatic carbocycles. The quantitative estimate of drug-likeness (QED) is 0.765. The summed E-state index contributed by atoms with van der Waals surface area (Å²) in [6, 6.07) is 9.65. The molecule has 1 aliphatic carbocycles. The number of benzene rings is 1. The molecule has 0 heterocycles. The van der Waals surface area contributed by atoms with Gasteiger partial charge in [-0.3, -0.25) is 4.79 Å². The third-order valence-electron chi connectivity index (χ3n) is 4.87. The second-order valence-corrected chi connectivity index (χ2v) is 7.25. The maximum Gasteiger partial charge on any atom is 0.143 e. The minimum Gasteiger partial charge on any atom is -0.299 e. The van der Waals surface area contributed by atoms with Gasteiger partial charge in [-0.25, -0.2) is 0 Å². The van der Waals surface area contributed by atoms with E-state index in [-0.39, 0.29) is 5.41 Å². The monoisotopic (exact) mass is 269 g/mol. The first-order chi connectivity index (χ1) is 9.27. The van der Waals surface area contributed by atoms with Gasteiger partial charge in [-0.1, -0.05) is 32.9 Å². The van der Waals surface area contributed by atoms with Crippen molar-refractivity contribution >= 4 is 5.78 Å². The number of Topliss-reactive ketones (excluding diaryl/α,β-unsaturated/α-hetero) is 1. The standard InChI is InChI=1S/C18H23NO/c1-17(2,3)15-9-10-16(20)18(4,11-15)14-7-5-13(12-19)6-8-14/h5-8,15H,9-11H2,1-4H3. The van der Waals surface area contributed by atoms with Crippen molar-refractivity contribution in [1.82, 2.24) is 0 Å². The molecule has 20 heavy (non-hydrogen) atoms. The molecule has 1 saturated carbocycles. The molecular weight excluding hydrogens is 246 g/mol. The molecule has 0 amide bonds. The summed E-state index contributed by atoms with van der Waals surface area (Å²) < 4.78 is 0. The van der Waals surface area contributed by atoms with Crippen molar-refractivity contribution < 1.29 is 4.79 Å². The van der Waals surface area contributed by atoms with Crippen molar-refractivity contribution in [3.63, 3.8) is 0 Å². The third-order valence-corrected chi connectivity index (χ3v) is 4.87. The summed E-state index contributed by atoms with van der Waals surface area (Å²) in [6.45, 7) is 8.83. The maximum atomic E-state index is 12.5. The lowest BCUT2D eigenvalue weighted by molar-refractivity contribution is -0.128. The summed E-state index contributed by atoms with van der Waals surface area (Å²) in [5.74, 6) is 0.892. The molecule has 1 aliphatic rings. The van der Waals surface area contributed by atoms with Crippen LogP contribution in [0.5, 0.6) is 0 Å². The van der Waals surface area contributed by atoms with Crippen LogP contribution in [0.4, 0.5) is 0 Å². The number of carbonyl (C=O) groups excluding carboxylic acids is 1. The first-order valence-corrected chi connectivity index (χ1v) is 7.31. The molecule has 2 nitrogen and oxygen atoms in total. The van der Waals surface area contributed by atoms with E-state index in [1.165, 1.54) is 0 Å². The van der Waals surface area contributed by atoms with Crippen LogP contribution in [-0.2, 0) is 10.2 Å². The molecule has 0 aliphatic heterocycles. The minimum atomic E-state index is -0.399. The Labute approximate surface area is 121 Å². The lowest BCUT2D eigenvalue weighted by Crippen LogP contribution is -2.42. The van der Waals surface area contributed by atoms with E-state index in [1.807, 2.05) is 24.3 Å². The zero-order valence-electron chi connectivity index (χ0n) is 12.9. The van der Waals surface area contributed by atoms with E-state index in [9.17, 15) is 4.79 Å². The molecule has 0 spiro atoms. The summed E-state index contributed by atoms with van der Waals surface area (Å²) in [5.41, 5.74) is 1.53. The van der Waals surface area contributed by atoms with E-state index >= 15 is 0 Å². The van der Waals surface area contributed by atoms with Crippen LogP contribution in [0, 0.1) is 22.7 Å². The van der Waals surface area contributed by atoms with E-state index in [0.29, 0.717) is 23.7 Å².